The predicted octanol–water partition coefficient (Wildman–Crippen LogP) is 5.12. The molecule has 0 amide bonds. The van der Waals surface area contributed by atoms with Gasteiger partial charge < -0.3 is 14.4 Å². The fourth-order valence-corrected chi connectivity index (χ4v) is 3.05. The first-order valence-corrected chi connectivity index (χ1v) is 10.2. The minimum atomic E-state index is -1.24. The third kappa shape index (κ3) is 5.80. The Morgan fingerprint density at radius 3 is 2.52 bits per heavy atom. The van der Waals surface area contributed by atoms with Gasteiger partial charge in [0.15, 0.2) is 5.60 Å². The summed E-state index contributed by atoms with van der Waals surface area (Å²) in [5.74, 6) is -0.996. The van der Waals surface area contributed by atoms with Gasteiger partial charge in [-0.1, -0.05) is 60.2 Å². The molecule has 0 spiro atoms. The lowest BCUT2D eigenvalue weighted by Gasteiger charge is -2.20. The number of hydrogen-bond donors (Lipinski definition) is 1. The van der Waals surface area contributed by atoms with Crippen LogP contribution in [-0.4, -0.2) is 27.0 Å². The van der Waals surface area contributed by atoms with Crippen LogP contribution in [-0.2, 0) is 22.7 Å². The number of carbonyl (C=O) groups is 2. The van der Waals surface area contributed by atoms with E-state index in [-0.39, 0.29) is 12.4 Å². The van der Waals surface area contributed by atoms with Gasteiger partial charge in [-0.15, -0.1) is 0 Å². The van der Waals surface area contributed by atoms with Crippen molar-refractivity contribution in [3.63, 3.8) is 0 Å². The summed E-state index contributed by atoms with van der Waals surface area (Å²) < 4.78 is 7.44. The SMILES string of the molecule is Cc1ccc(C(=O)c2cccn2CC=Cc2cccc(COC(C)(C)C(=O)O)c2)cc1. The number of carboxylic acids is 1. The first-order chi connectivity index (χ1) is 14.8. The van der Waals surface area contributed by atoms with Gasteiger partial charge in [-0.3, -0.25) is 4.79 Å². The van der Waals surface area contributed by atoms with E-state index < -0.39 is 11.6 Å². The van der Waals surface area contributed by atoms with Crippen molar-refractivity contribution >= 4 is 17.8 Å². The largest absolute Gasteiger partial charge is 0.479 e. The van der Waals surface area contributed by atoms with E-state index in [9.17, 15) is 9.59 Å². The summed E-state index contributed by atoms with van der Waals surface area (Å²) in [5, 5.41) is 9.16. The monoisotopic (exact) mass is 417 g/mol. The minimum absolute atomic E-state index is 0.00130. The quantitative estimate of drug-likeness (QED) is 0.491. The van der Waals surface area contributed by atoms with Gasteiger partial charge in [0.2, 0.25) is 5.78 Å². The molecule has 1 N–H and O–H groups in total. The average Bonchev–Trinajstić information content (AvgIpc) is 3.21. The Morgan fingerprint density at radius 1 is 1.06 bits per heavy atom. The van der Waals surface area contributed by atoms with E-state index in [2.05, 4.69) is 0 Å². The van der Waals surface area contributed by atoms with Gasteiger partial charge in [-0.25, -0.2) is 4.79 Å². The van der Waals surface area contributed by atoms with Crippen LogP contribution >= 0.6 is 0 Å². The van der Waals surface area contributed by atoms with Crippen molar-refractivity contribution in [3.05, 3.63) is 101 Å². The average molecular weight is 418 g/mol. The van der Waals surface area contributed by atoms with E-state index >= 15 is 0 Å². The van der Waals surface area contributed by atoms with E-state index in [4.69, 9.17) is 9.84 Å². The summed E-state index contributed by atoms with van der Waals surface area (Å²) in [4.78, 5) is 24.0. The highest BCUT2D eigenvalue weighted by Gasteiger charge is 2.27. The zero-order chi connectivity index (χ0) is 22.4. The molecule has 1 aromatic heterocycles. The van der Waals surface area contributed by atoms with Crippen molar-refractivity contribution < 1.29 is 19.4 Å². The van der Waals surface area contributed by atoms with Crippen molar-refractivity contribution in [2.45, 2.75) is 39.5 Å². The zero-order valence-electron chi connectivity index (χ0n) is 18.0. The lowest BCUT2D eigenvalue weighted by Crippen LogP contribution is -2.34. The molecule has 3 aromatic rings. The Morgan fingerprint density at radius 2 is 1.81 bits per heavy atom. The van der Waals surface area contributed by atoms with Crippen LogP contribution < -0.4 is 0 Å². The molecule has 0 saturated heterocycles. The Labute approximate surface area is 182 Å². The number of aryl methyl sites for hydroxylation is 1. The van der Waals surface area contributed by atoms with Gasteiger partial charge in [-0.05, 0) is 50.1 Å². The Hall–Kier alpha value is -3.44. The number of ether oxygens (including phenoxy) is 1. The lowest BCUT2D eigenvalue weighted by molar-refractivity contribution is -0.162. The number of aromatic nitrogens is 1. The third-order valence-corrected chi connectivity index (χ3v) is 5.05. The van der Waals surface area contributed by atoms with Crippen LogP contribution in [0.3, 0.4) is 0 Å². The molecule has 160 valence electrons. The van der Waals surface area contributed by atoms with Crippen molar-refractivity contribution in [1.29, 1.82) is 0 Å². The van der Waals surface area contributed by atoms with E-state index in [1.54, 1.807) is 0 Å². The molecule has 5 heteroatoms. The summed E-state index contributed by atoms with van der Waals surface area (Å²) >= 11 is 0. The molecule has 5 nitrogen and oxygen atoms in total. The molecule has 3 rings (SSSR count). The fourth-order valence-electron chi connectivity index (χ4n) is 3.05. The van der Waals surface area contributed by atoms with Crippen LogP contribution in [0.25, 0.3) is 6.08 Å². The van der Waals surface area contributed by atoms with Crippen molar-refractivity contribution in [1.82, 2.24) is 4.57 Å². The molecule has 0 radical (unpaired) electrons. The molecule has 2 aromatic carbocycles. The maximum absolute atomic E-state index is 12.8. The van der Waals surface area contributed by atoms with Crippen LogP contribution in [0.5, 0.6) is 0 Å². The normalized spacial score (nSPS) is 11.7. The van der Waals surface area contributed by atoms with Crippen LogP contribution in [0, 0.1) is 6.92 Å². The second-order valence-corrected chi connectivity index (χ2v) is 7.99. The molecular formula is C26H27NO4. The van der Waals surface area contributed by atoms with E-state index in [0.29, 0.717) is 17.8 Å². The molecule has 31 heavy (non-hydrogen) atoms. The predicted molar refractivity (Wildman–Crippen MR) is 121 cm³/mol. The molecule has 0 saturated carbocycles. The standard InChI is InChI=1S/C26H27NO4/c1-19-11-13-22(14-12-19)24(28)23-10-6-16-27(23)15-5-9-20-7-4-8-21(17-20)18-31-26(2,3)25(29)30/h4-14,16-17H,15,18H2,1-3H3,(H,29,30). The van der Waals surface area contributed by atoms with Gasteiger partial charge in [0.05, 0.1) is 12.3 Å². The third-order valence-electron chi connectivity index (χ3n) is 5.05. The van der Waals surface area contributed by atoms with Crippen LogP contribution in [0.1, 0.15) is 46.6 Å². The minimum Gasteiger partial charge on any atom is -0.479 e. The maximum atomic E-state index is 12.8. The molecule has 0 aliphatic heterocycles. The van der Waals surface area contributed by atoms with Crippen molar-refractivity contribution in [2.24, 2.45) is 0 Å². The van der Waals surface area contributed by atoms with E-state index in [0.717, 1.165) is 16.7 Å². The van der Waals surface area contributed by atoms with Gasteiger partial charge in [0.25, 0.3) is 0 Å². The van der Waals surface area contributed by atoms with Gasteiger partial charge in [-0.2, -0.15) is 0 Å². The molecule has 0 fully saturated rings. The molecular weight excluding hydrogens is 390 g/mol. The van der Waals surface area contributed by atoms with Crippen LogP contribution in [0.15, 0.2) is 72.9 Å². The number of carboxylic acid groups (broad SMARTS) is 1. The first-order valence-electron chi connectivity index (χ1n) is 10.2. The smallest absolute Gasteiger partial charge is 0.335 e. The molecule has 0 aliphatic rings. The second-order valence-electron chi connectivity index (χ2n) is 7.99. The zero-order valence-corrected chi connectivity index (χ0v) is 18.0. The number of hydrogen-bond acceptors (Lipinski definition) is 3. The molecule has 0 unspecified atom stereocenters. The van der Waals surface area contributed by atoms with Gasteiger partial charge >= 0.3 is 5.97 Å². The second kappa shape index (κ2) is 9.58. The summed E-state index contributed by atoms with van der Waals surface area (Å²) in [7, 11) is 0. The van der Waals surface area contributed by atoms with E-state index in [1.807, 2.05) is 90.5 Å². The number of nitrogens with zero attached hydrogens (tertiary/aromatic N) is 1. The van der Waals surface area contributed by atoms with Crippen molar-refractivity contribution in [2.75, 3.05) is 0 Å². The van der Waals surface area contributed by atoms with Crippen LogP contribution in [0.4, 0.5) is 0 Å². The number of allylic oxidation sites excluding steroid dienone is 1. The molecule has 0 bridgehead atoms. The van der Waals surface area contributed by atoms with Gasteiger partial charge in [0, 0.05) is 18.3 Å². The summed E-state index contributed by atoms with van der Waals surface area (Å²) in [6, 6.07) is 19.0. The first kappa shape index (κ1) is 22.2. The highest BCUT2D eigenvalue weighted by atomic mass is 16.5. The summed E-state index contributed by atoms with van der Waals surface area (Å²) in [6.07, 6.45) is 5.86. The Bertz CT molecular complexity index is 1090. The summed E-state index contributed by atoms with van der Waals surface area (Å²) in [6.45, 7) is 5.84. The number of carbonyl (C=O) groups excluding carboxylic acids is 1. The number of aliphatic carboxylic acids is 1. The topological polar surface area (TPSA) is 68.5 Å². The highest BCUT2D eigenvalue weighted by molar-refractivity contribution is 6.08. The van der Waals surface area contributed by atoms with Gasteiger partial charge in [0.1, 0.15) is 0 Å². The van der Waals surface area contributed by atoms with E-state index in [1.165, 1.54) is 13.8 Å². The molecule has 0 atom stereocenters. The number of rotatable bonds is 9. The Kier molecular flexibility index (Phi) is 6.88. The number of ketones is 1. The van der Waals surface area contributed by atoms with Crippen molar-refractivity contribution in [3.8, 4) is 0 Å². The fraction of sp³-hybridized carbons (Fsp3) is 0.231. The van der Waals surface area contributed by atoms with Crippen LogP contribution in [0.2, 0.25) is 0 Å². The molecule has 0 aliphatic carbocycles. The number of benzene rings is 2. The maximum Gasteiger partial charge on any atom is 0.335 e. The Balaban J connectivity index is 1.65. The molecule has 1 heterocycles. The summed E-state index contributed by atoms with van der Waals surface area (Å²) in [5.41, 5.74) is 3.08. The highest BCUT2D eigenvalue weighted by Crippen LogP contribution is 2.16. The lowest BCUT2D eigenvalue weighted by atomic mass is 10.1.